The first-order valence-electron chi connectivity index (χ1n) is 5.34. The molecule has 0 spiro atoms. The molecule has 2 rings (SSSR count). The van der Waals surface area contributed by atoms with E-state index in [0.29, 0.717) is 11.1 Å². The molecule has 1 aromatic carbocycles. The molecule has 0 aliphatic carbocycles. The predicted octanol–water partition coefficient (Wildman–Crippen LogP) is 3.77. The molecule has 0 aliphatic rings. The van der Waals surface area contributed by atoms with Crippen LogP contribution in [0.5, 0.6) is 0 Å². The molecule has 0 unspecified atom stereocenters. The minimum Gasteiger partial charge on any atom is -0.383 e. The van der Waals surface area contributed by atoms with E-state index in [1.807, 2.05) is 5.38 Å². The summed E-state index contributed by atoms with van der Waals surface area (Å²) < 4.78 is 18.5. The summed E-state index contributed by atoms with van der Waals surface area (Å²) in [5, 5.41) is 5.93. The lowest BCUT2D eigenvalue weighted by Gasteiger charge is -2.01. The Morgan fingerprint density at radius 3 is 3.06 bits per heavy atom. The SMILES string of the molecule is COCCNc1nc(-c2ccc(F)c(Br)c2)cs1. The smallest absolute Gasteiger partial charge is 0.183 e. The summed E-state index contributed by atoms with van der Waals surface area (Å²) in [6.45, 7) is 1.35. The molecule has 1 aromatic heterocycles. The number of nitrogens with zero attached hydrogens (tertiary/aromatic N) is 1. The third-order valence-electron chi connectivity index (χ3n) is 2.30. The number of nitrogens with one attached hydrogen (secondary N) is 1. The van der Waals surface area contributed by atoms with Gasteiger partial charge in [-0.05, 0) is 34.1 Å². The van der Waals surface area contributed by atoms with Crippen molar-refractivity contribution < 1.29 is 9.13 Å². The predicted molar refractivity (Wildman–Crippen MR) is 75.6 cm³/mol. The number of benzene rings is 1. The second-order valence-corrected chi connectivity index (χ2v) is 5.30. The highest BCUT2D eigenvalue weighted by atomic mass is 79.9. The maximum absolute atomic E-state index is 13.1. The van der Waals surface area contributed by atoms with Gasteiger partial charge in [-0.25, -0.2) is 9.37 Å². The standard InChI is InChI=1S/C12H12BrFN2OS/c1-17-5-4-15-12-16-11(7-18-12)8-2-3-10(14)9(13)6-8/h2-3,6-7H,4-5H2,1H3,(H,15,16). The number of aromatic nitrogens is 1. The van der Waals surface area contributed by atoms with Crippen LogP contribution in [-0.2, 0) is 4.74 Å². The average molecular weight is 331 g/mol. The normalized spacial score (nSPS) is 10.6. The first-order valence-corrected chi connectivity index (χ1v) is 7.01. The van der Waals surface area contributed by atoms with Gasteiger partial charge in [0.2, 0.25) is 0 Å². The Bertz CT molecular complexity index is 533. The van der Waals surface area contributed by atoms with Gasteiger partial charge in [-0.15, -0.1) is 11.3 Å². The maximum Gasteiger partial charge on any atom is 0.183 e. The molecule has 0 atom stereocenters. The quantitative estimate of drug-likeness (QED) is 0.847. The maximum atomic E-state index is 13.1. The Kier molecular flexibility index (Phi) is 4.68. The van der Waals surface area contributed by atoms with Gasteiger partial charge in [0.25, 0.3) is 0 Å². The van der Waals surface area contributed by atoms with E-state index in [2.05, 4.69) is 26.2 Å². The van der Waals surface area contributed by atoms with Gasteiger partial charge in [0.1, 0.15) is 5.82 Å². The first-order chi connectivity index (χ1) is 8.70. The fourth-order valence-corrected chi connectivity index (χ4v) is 2.53. The molecule has 0 bridgehead atoms. The van der Waals surface area contributed by atoms with Crippen LogP contribution in [0.1, 0.15) is 0 Å². The summed E-state index contributed by atoms with van der Waals surface area (Å²) in [5.74, 6) is -0.271. The molecule has 6 heteroatoms. The first kappa shape index (κ1) is 13.5. The molecule has 0 radical (unpaired) electrons. The Hall–Kier alpha value is -0.980. The number of ether oxygens (including phenoxy) is 1. The molecule has 0 saturated heterocycles. The second kappa shape index (κ2) is 6.26. The summed E-state index contributed by atoms with van der Waals surface area (Å²) in [6.07, 6.45) is 0. The van der Waals surface area contributed by atoms with Crippen molar-refractivity contribution in [3.63, 3.8) is 0 Å². The van der Waals surface area contributed by atoms with Gasteiger partial charge in [0, 0.05) is 24.6 Å². The van der Waals surface area contributed by atoms with Crippen LogP contribution in [0.2, 0.25) is 0 Å². The van der Waals surface area contributed by atoms with Gasteiger partial charge < -0.3 is 10.1 Å². The molecule has 2 aromatic rings. The molecule has 0 saturated carbocycles. The third kappa shape index (κ3) is 3.28. The summed E-state index contributed by atoms with van der Waals surface area (Å²) >= 11 is 4.69. The molecule has 1 N–H and O–H groups in total. The molecule has 1 heterocycles. The molecule has 0 aliphatic heterocycles. The van der Waals surface area contributed by atoms with E-state index in [0.717, 1.165) is 22.9 Å². The van der Waals surface area contributed by atoms with Crippen molar-refractivity contribution in [2.45, 2.75) is 0 Å². The summed E-state index contributed by atoms with van der Waals surface area (Å²) in [7, 11) is 1.66. The molecule has 18 heavy (non-hydrogen) atoms. The Morgan fingerprint density at radius 1 is 1.50 bits per heavy atom. The Morgan fingerprint density at radius 2 is 2.33 bits per heavy atom. The van der Waals surface area contributed by atoms with Crippen molar-refractivity contribution in [2.75, 3.05) is 25.6 Å². The van der Waals surface area contributed by atoms with Gasteiger partial charge in [0.15, 0.2) is 5.13 Å². The minimum absolute atomic E-state index is 0.271. The van der Waals surface area contributed by atoms with Crippen molar-refractivity contribution in [1.82, 2.24) is 4.98 Å². The van der Waals surface area contributed by atoms with Crippen molar-refractivity contribution in [2.24, 2.45) is 0 Å². The van der Waals surface area contributed by atoms with Crippen molar-refractivity contribution in [3.05, 3.63) is 33.9 Å². The lowest BCUT2D eigenvalue weighted by Crippen LogP contribution is -2.06. The van der Waals surface area contributed by atoms with Crippen LogP contribution in [0, 0.1) is 5.82 Å². The average Bonchev–Trinajstić information content (AvgIpc) is 2.82. The van der Waals surface area contributed by atoms with E-state index in [9.17, 15) is 4.39 Å². The lowest BCUT2D eigenvalue weighted by molar-refractivity contribution is 0.211. The van der Waals surface area contributed by atoms with Crippen molar-refractivity contribution >= 4 is 32.4 Å². The Balaban J connectivity index is 2.11. The summed E-state index contributed by atoms with van der Waals surface area (Å²) in [4.78, 5) is 4.43. The monoisotopic (exact) mass is 330 g/mol. The zero-order valence-electron chi connectivity index (χ0n) is 9.74. The minimum atomic E-state index is -0.271. The zero-order chi connectivity index (χ0) is 13.0. The number of rotatable bonds is 5. The molecular formula is C12H12BrFN2OS. The highest BCUT2D eigenvalue weighted by molar-refractivity contribution is 9.10. The number of hydrogen-bond acceptors (Lipinski definition) is 4. The van der Waals surface area contributed by atoms with Gasteiger partial charge in [-0.3, -0.25) is 0 Å². The fourth-order valence-electron chi connectivity index (χ4n) is 1.40. The van der Waals surface area contributed by atoms with E-state index in [4.69, 9.17) is 4.74 Å². The molecule has 96 valence electrons. The van der Waals surface area contributed by atoms with E-state index in [1.165, 1.54) is 17.4 Å². The molecular weight excluding hydrogens is 319 g/mol. The molecule has 3 nitrogen and oxygen atoms in total. The van der Waals surface area contributed by atoms with Crippen LogP contribution >= 0.6 is 27.3 Å². The van der Waals surface area contributed by atoms with Crippen LogP contribution in [0.4, 0.5) is 9.52 Å². The molecule has 0 amide bonds. The van der Waals surface area contributed by atoms with Crippen LogP contribution in [0.15, 0.2) is 28.1 Å². The van der Waals surface area contributed by atoms with E-state index in [-0.39, 0.29) is 5.82 Å². The van der Waals surface area contributed by atoms with Crippen LogP contribution in [-0.4, -0.2) is 25.2 Å². The third-order valence-corrected chi connectivity index (χ3v) is 3.71. The number of hydrogen-bond donors (Lipinski definition) is 1. The second-order valence-electron chi connectivity index (χ2n) is 3.59. The van der Waals surface area contributed by atoms with Crippen molar-refractivity contribution in [1.29, 1.82) is 0 Å². The van der Waals surface area contributed by atoms with E-state index in [1.54, 1.807) is 19.2 Å². The van der Waals surface area contributed by atoms with Crippen molar-refractivity contribution in [3.8, 4) is 11.3 Å². The van der Waals surface area contributed by atoms with Gasteiger partial charge in [0.05, 0.1) is 16.8 Å². The van der Waals surface area contributed by atoms with Crippen LogP contribution in [0.25, 0.3) is 11.3 Å². The molecule has 0 fully saturated rings. The van der Waals surface area contributed by atoms with Gasteiger partial charge in [-0.2, -0.15) is 0 Å². The van der Waals surface area contributed by atoms with E-state index < -0.39 is 0 Å². The van der Waals surface area contributed by atoms with Crippen LogP contribution in [0.3, 0.4) is 0 Å². The topological polar surface area (TPSA) is 34.1 Å². The number of methoxy groups -OCH3 is 1. The number of anilines is 1. The highest BCUT2D eigenvalue weighted by Crippen LogP contribution is 2.28. The zero-order valence-corrected chi connectivity index (χ0v) is 12.1. The van der Waals surface area contributed by atoms with Crippen LogP contribution < -0.4 is 5.32 Å². The highest BCUT2D eigenvalue weighted by Gasteiger charge is 2.06. The van der Waals surface area contributed by atoms with E-state index >= 15 is 0 Å². The number of thiazole rings is 1. The Labute approximate surface area is 117 Å². The van der Waals surface area contributed by atoms with Gasteiger partial charge >= 0.3 is 0 Å². The summed E-state index contributed by atoms with van der Waals surface area (Å²) in [6, 6.07) is 4.87. The number of halogens is 2. The largest absolute Gasteiger partial charge is 0.383 e. The fraction of sp³-hybridized carbons (Fsp3) is 0.250. The lowest BCUT2D eigenvalue weighted by atomic mass is 10.2. The summed E-state index contributed by atoms with van der Waals surface area (Å²) in [5.41, 5.74) is 1.72. The van der Waals surface area contributed by atoms with Gasteiger partial charge in [-0.1, -0.05) is 0 Å².